The molecule has 1 N–H and O–H groups in total. The van der Waals surface area contributed by atoms with E-state index in [9.17, 15) is 0 Å². The molecule has 1 saturated carbocycles. The molecule has 0 spiro atoms. The molecule has 0 aliphatic heterocycles. The molecular formula is C13H25N. The first-order valence-corrected chi connectivity index (χ1v) is 6.01. The summed E-state index contributed by atoms with van der Waals surface area (Å²) in [6, 6.07) is 0.756. The highest BCUT2D eigenvalue weighted by molar-refractivity contribution is 4.97. The molecule has 0 radical (unpaired) electrons. The molecule has 0 aromatic carbocycles. The van der Waals surface area contributed by atoms with Crippen LogP contribution in [0.5, 0.6) is 0 Å². The van der Waals surface area contributed by atoms with Crippen molar-refractivity contribution in [2.24, 2.45) is 5.41 Å². The zero-order chi connectivity index (χ0) is 10.4. The Labute approximate surface area is 89.0 Å². The van der Waals surface area contributed by atoms with Gasteiger partial charge in [-0.3, -0.25) is 0 Å². The maximum Gasteiger partial charge on any atom is 0.0118 e. The van der Waals surface area contributed by atoms with Crippen LogP contribution in [0.1, 0.15) is 51.9 Å². The first-order chi connectivity index (χ1) is 6.73. The third-order valence-electron chi connectivity index (χ3n) is 3.63. The predicted octanol–water partition coefficient (Wildman–Crippen LogP) is 3.51. The van der Waals surface area contributed by atoms with Crippen LogP contribution in [0.15, 0.2) is 12.7 Å². The summed E-state index contributed by atoms with van der Waals surface area (Å²) in [5, 5.41) is 3.48. The standard InChI is InChI=1S/C13H25N/c1-4-5-6-7-8-9-12(14-3)13(2)10-11-13/h4,12,14H,1,5-11H2,2-3H3. The van der Waals surface area contributed by atoms with Gasteiger partial charge in [0.25, 0.3) is 0 Å². The molecule has 1 nitrogen and oxygen atoms in total. The number of unbranched alkanes of at least 4 members (excludes halogenated alkanes) is 3. The van der Waals surface area contributed by atoms with Crippen molar-refractivity contribution in [1.29, 1.82) is 0 Å². The van der Waals surface area contributed by atoms with Crippen molar-refractivity contribution in [3.05, 3.63) is 12.7 Å². The third kappa shape index (κ3) is 3.45. The van der Waals surface area contributed by atoms with Gasteiger partial charge in [0, 0.05) is 6.04 Å². The maximum absolute atomic E-state index is 3.75. The van der Waals surface area contributed by atoms with Crippen LogP contribution < -0.4 is 5.32 Å². The van der Waals surface area contributed by atoms with Crippen LogP contribution in [0.25, 0.3) is 0 Å². The van der Waals surface area contributed by atoms with Crippen LogP contribution in [0.2, 0.25) is 0 Å². The third-order valence-corrected chi connectivity index (χ3v) is 3.63. The molecule has 1 aliphatic rings. The van der Waals surface area contributed by atoms with Crippen molar-refractivity contribution in [1.82, 2.24) is 5.32 Å². The molecule has 1 rings (SSSR count). The molecular weight excluding hydrogens is 170 g/mol. The van der Waals surface area contributed by atoms with Crippen molar-refractivity contribution in [2.45, 2.75) is 57.9 Å². The Bertz CT molecular complexity index is 170. The van der Waals surface area contributed by atoms with E-state index in [0.29, 0.717) is 5.41 Å². The Balaban J connectivity index is 2.06. The highest BCUT2D eigenvalue weighted by atomic mass is 14.9. The van der Waals surface area contributed by atoms with E-state index in [-0.39, 0.29) is 0 Å². The molecule has 1 aliphatic carbocycles. The SMILES string of the molecule is C=CCCCCCC(NC)C1(C)CC1. The lowest BCUT2D eigenvalue weighted by Gasteiger charge is -2.22. The molecule has 82 valence electrons. The molecule has 0 bridgehead atoms. The summed E-state index contributed by atoms with van der Waals surface area (Å²) >= 11 is 0. The monoisotopic (exact) mass is 195 g/mol. The second-order valence-electron chi connectivity index (χ2n) is 4.92. The van der Waals surface area contributed by atoms with Crippen LogP contribution in [0.4, 0.5) is 0 Å². The minimum Gasteiger partial charge on any atom is -0.316 e. The van der Waals surface area contributed by atoms with E-state index in [1.807, 2.05) is 6.08 Å². The molecule has 1 fully saturated rings. The first-order valence-electron chi connectivity index (χ1n) is 6.01. The zero-order valence-electron chi connectivity index (χ0n) is 9.81. The normalized spacial score (nSPS) is 20.4. The van der Waals surface area contributed by atoms with Gasteiger partial charge in [-0.1, -0.05) is 25.8 Å². The summed E-state index contributed by atoms with van der Waals surface area (Å²) in [6.45, 7) is 6.16. The van der Waals surface area contributed by atoms with E-state index in [1.54, 1.807) is 0 Å². The lowest BCUT2D eigenvalue weighted by atomic mass is 9.93. The van der Waals surface area contributed by atoms with Gasteiger partial charge in [0.15, 0.2) is 0 Å². The summed E-state index contributed by atoms with van der Waals surface area (Å²) in [5.74, 6) is 0. The Morgan fingerprint density at radius 3 is 2.57 bits per heavy atom. The second kappa shape index (κ2) is 5.55. The average Bonchev–Trinajstić information content (AvgIpc) is 2.91. The highest BCUT2D eigenvalue weighted by Crippen LogP contribution is 2.49. The van der Waals surface area contributed by atoms with E-state index in [1.165, 1.54) is 44.9 Å². The number of hydrogen-bond donors (Lipinski definition) is 1. The number of hydrogen-bond acceptors (Lipinski definition) is 1. The maximum atomic E-state index is 3.75. The Morgan fingerprint density at radius 2 is 2.07 bits per heavy atom. The van der Waals surface area contributed by atoms with Gasteiger partial charge >= 0.3 is 0 Å². The minimum absolute atomic E-state index is 0.632. The van der Waals surface area contributed by atoms with Gasteiger partial charge in [-0.25, -0.2) is 0 Å². The quantitative estimate of drug-likeness (QED) is 0.461. The van der Waals surface area contributed by atoms with E-state index in [2.05, 4.69) is 25.9 Å². The van der Waals surface area contributed by atoms with Crippen LogP contribution in [-0.4, -0.2) is 13.1 Å². The largest absolute Gasteiger partial charge is 0.316 e. The lowest BCUT2D eigenvalue weighted by Crippen LogP contribution is -2.33. The van der Waals surface area contributed by atoms with E-state index < -0.39 is 0 Å². The molecule has 0 aromatic rings. The van der Waals surface area contributed by atoms with Gasteiger partial charge in [-0.2, -0.15) is 0 Å². The van der Waals surface area contributed by atoms with Crippen LogP contribution in [0.3, 0.4) is 0 Å². The molecule has 0 aromatic heterocycles. The zero-order valence-corrected chi connectivity index (χ0v) is 9.81. The van der Waals surface area contributed by atoms with Crippen LogP contribution in [0, 0.1) is 5.41 Å². The lowest BCUT2D eigenvalue weighted by molar-refractivity contribution is 0.346. The smallest absolute Gasteiger partial charge is 0.0118 e. The fourth-order valence-corrected chi connectivity index (χ4v) is 2.20. The molecule has 0 saturated heterocycles. The molecule has 1 atom stereocenters. The average molecular weight is 195 g/mol. The van der Waals surface area contributed by atoms with Crippen molar-refractivity contribution < 1.29 is 0 Å². The fraction of sp³-hybridized carbons (Fsp3) is 0.846. The Morgan fingerprint density at radius 1 is 1.36 bits per heavy atom. The summed E-state index contributed by atoms with van der Waals surface area (Å²) in [5.41, 5.74) is 0.632. The number of rotatable bonds is 8. The van der Waals surface area contributed by atoms with Crippen molar-refractivity contribution >= 4 is 0 Å². The van der Waals surface area contributed by atoms with Gasteiger partial charge in [0.1, 0.15) is 0 Å². The fourth-order valence-electron chi connectivity index (χ4n) is 2.20. The van der Waals surface area contributed by atoms with Crippen molar-refractivity contribution in [3.63, 3.8) is 0 Å². The molecule has 1 heteroatoms. The topological polar surface area (TPSA) is 12.0 Å². The molecule has 1 unspecified atom stereocenters. The van der Waals surface area contributed by atoms with Gasteiger partial charge < -0.3 is 5.32 Å². The highest BCUT2D eigenvalue weighted by Gasteiger charge is 2.43. The summed E-state index contributed by atoms with van der Waals surface area (Å²) < 4.78 is 0. The second-order valence-corrected chi connectivity index (χ2v) is 4.92. The van der Waals surface area contributed by atoms with Crippen molar-refractivity contribution in [3.8, 4) is 0 Å². The molecule has 14 heavy (non-hydrogen) atoms. The van der Waals surface area contributed by atoms with E-state index in [4.69, 9.17) is 0 Å². The van der Waals surface area contributed by atoms with E-state index >= 15 is 0 Å². The summed E-state index contributed by atoms with van der Waals surface area (Å²) in [7, 11) is 2.11. The minimum atomic E-state index is 0.632. The number of nitrogens with one attached hydrogen (secondary N) is 1. The predicted molar refractivity (Wildman–Crippen MR) is 63.5 cm³/mol. The Kier molecular flexibility index (Phi) is 4.67. The molecule has 0 amide bonds. The van der Waals surface area contributed by atoms with Crippen LogP contribution in [-0.2, 0) is 0 Å². The van der Waals surface area contributed by atoms with Gasteiger partial charge in [-0.05, 0) is 44.6 Å². The summed E-state index contributed by atoms with van der Waals surface area (Å²) in [4.78, 5) is 0. The van der Waals surface area contributed by atoms with Crippen LogP contribution >= 0.6 is 0 Å². The first kappa shape index (κ1) is 11.8. The van der Waals surface area contributed by atoms with Crippen molar-refractivity contribution in [2.75, 3.05) is 7.05 Å². The van der Waals surface area contributed by atoms with Gasteiger partial charge in [0.05, 0.1) is 0 Å². The molecule has 0 heterocycles. The Hall–Kier alpha value is -0.300. The number of allylic oxidation sites excluding steroid dienone is 1. The van der Waals surface area contributed by atoms with E-state index in [0.717, 1.165) is 6.04 Å². The van der Waals surface area contributed by atoms with Gasteiger partial charge in [0.2, 0.25) is 0 Å². The summed E-state index contributed by atoms with van der Waals surface area (Å²) in [6.07, 6.45) is 11.4. The van der Waals surface area contributed by atoms with Gasteiger partial charge in [-0.15, -0.1) is 6.58 Å².